The van der Waals surface area contributed by atoms with Crippen LogP contribution in [0.15, 0.2) is 18.2 Å². The molecule has 1 aromatic carbocycles. The van der Waals surface area contributed by atoms with Crippen LogP contribution in [0.4, 0.5) is 10.5 Å². The van der Waals surface area contributed by atoms with E-state index in [2.05, 4.69) is 10.6 Å². The Kier molecular flexibility index (Phi) is 6.74. The number of ether oxygens (including phenoxy) is 2. The van der Waals surface area contributed by atoms with Gasteiger partial charge in [0.05, 0.1) is 12.3 Å². The molecule has 1 heterocycles. The van der Waals surface area contributed by atoms with Crippen molar-refractivity contribution in [2.75, 3.05) is 32.2 Å². The van der Waals surface area contributed by atoms with Crippen LogP contribution in [0.5, 0.6) is 5.75 Å². The molecular weight excluding hydrogens is 374 g/mol. The van der Waals surface area contributed by atoms with Crippen molar-refractivity contribution in [2.45, 2.75) is 51.0 Å². The van der Waals surface area contributed by atoms with Gasteiger partial charge in [0.15, 0.2) is 0 Å². The summed E-state index contributed by atoms with van der Waals surface area (Å²) in [7, 11) is 1.60. The molecule has 0 radical (unpaired) electrons. The van der Waals surface area contributed by atoms with E-state index in [1.54, 1.807) is 13.2 Å². The highest BCUT2D eigenvalue weighted by atomic mass is 16.5. The third-order valence-electron chi connectivity index (χ3n) is 5.44. The monoisotopic (exact) mass is 403 g/mol. The number of nitrogens with zero attached hydrogens (tertiary/aromatic N) is 1. The number of methoxy groups -OCH3 is 1. The predicted octanol–water partition coefficient (Wildman–Crippen LogP) is 2.60. The number of benzene rings is 1. The van der Waals surface area contributed by atoms with Crippen LogP contribution in [0.3, 0.4) is 0 Å². The van der Waals surface area contributed by atoms with Gasteiger partial charge < -0.3 is 20.1 Å². The lowest BCUT2D eigenvalue weighted by atomic mass is 9.98. The van der Waals surface area contributed by atoms with Gasteiger partial charge >= 0.3 is 6.03 Å². The summed E-state index contributed by atoms with van der Waals surface area (Å²) in [6.45, 7) is 3.03. The van der Waals surface area contributed by atoms with Crippen molar-refractivity contribution in [3.05, 3.63) is 23.8 Å². The van der Waals surface area contributed by atoms with Gasteiger partial charge in [-0.05, 0) is 43.9 Å². The Balaban J connectivity index is 1.50. The predicted molar refractivity (Wildman–Crippen MR) is 108 cm³/mol. The summed E-state index contributed by atoms with van der Waals surface area (Å²) in [6, 6.07) is 5.22. The fourth-order valence-electron chi connectivity index (χ4n) is 3.89. The van der Waals surface area contributed by atoms with E-state index in [-0.39, 0.29) is 30.8 Å². The molecule has 2 N–H and O–H groups in total. The molecular formula is C21H29N3O5. The molecule has 0 unspecified atom stereocenters. The van der Waals surface area contributed by atoms with Crippen LogP contribution in [0, 0.1) is 6.92 Å². The van der Waals surface area contributed by atoms with Gasteiger partial charge in [-0.15, -0.1) is 0 Å². The second-order valence-electron chi connectivity index (χ2n) is 7.67. The number of amides is 4. The van der Waals surface area contributed by atoms with Crippen LogP contribution < -0.4 is 15.4 Å². The molecule has 1 aliphatic heterocycles. The highest BCUT2D eigenvalue weighted by Crippen LogP contribution is 2.35. The normalized spacial score (nSPS) is 17.7. The van der Waals surface area contributed by atoms with Crippen LogP contribution in [-0.2, 0) is 14.3 Å². The third-order valence-corrected chi connectivity index (χ3v) is 5.44. The Morgan fingerprint density at radius 1 is 1.24 bits per heavy atom. The van der Waals surface area contributed by atoms with E-state index in [1.165, 1.54) is 4.90 Å². The molecule has 1 saturated carbocycles. The second-order valence-corrected chi connectivity index (χ2v) is 7.67. The number of carbonyl (C=O) groups is 3. The van der Waals surface area contributed by atoms with E-state index in [0.717, 1.165) is 18.4 Å². The third kappa shape index (κ3) is 4.87. The molecule has 0 aromatic heterocycles. The maximum Gasteiger partial charge on any atom is 0.325 e. The first-order valence-electron chi connectivity index (χ1n) is 10.1. The molecule has 1 aliphatic carbocycles. The molecule has 1 saturated heterocycles. The van der Waals surface area contributed by atoms with Crippen molar-refractivity contribution in [1.82, 2.24) is 10.2 Å². The summed E-state index contributed by atoms with van der Waals surface area (Å²) < 4.78 is 10.7. The van der Waals surface area contributed by atoms with Crippen molar-refractivity contribution in [3.8, 4) is 5.75 Å². The number of aryl methyl sites for hydroxylation is 1. The highest BCUT2D eigenvalue weighted by molar-refractivity contribution is 6.07. The molecule has 1 aromatic rings. The molecule has 4 amide bonds. The zero-order chi connectivity index (χ0) is 20.9. The van der Waals surface area contributed by atoms with Gasteiger partial charge in [0.1, 0.15) is 17.9 Å². The van der Waals surface area contributed by atoms with Gasteiger partial charge in [0.25, 0.3) is 5.91 Å². The van der Waals surface area contributed by atoms with E-state index < -0.39 is 5.54 Å². The lowest BCUT2D eigenvalue weighted by Gasteiger charge is -2.20. The summed E-state index contributed by atoms with van der Waals surface area (Å²) in [5.41, 5.74) is 0.918. The minimum atomic E-state index is -0.699. The van der Waals surface area contributed by atoms with Gasteiger partial charge in [-0.2, -0.15) is 0 Å². The molecule has 0 bridgehead atoms. The number of anilines is 1. The molecule has 2 aliphatic rings. The molecule has 3 rings (SSSR count). The molecule has 8 nitrogen and oxygen atoms in total. The SMILES string of the molecule is COCCOc1cc(C)ccc1NC(=O)CCCN1C(=O)NC2(CCCC2)C1=O. The maximum absolute atomic E-state index is 12.6. The van der Waals surface area contributed by atoms with Crippen LogP contribution >= 0.6 is 0 Å². The van der Waals surface area contributed by atoms with Gasteiger partial charge in [0, 0.05) is 20.1 Å². The molecule has 0 atom stereocenters. The molecule has 1 spiro atoms. The fraction of sp³-hybridized carbons (Fsp3) is 0.571. The highest BCUT2D eigenvalue weighted by Gasteiger charge is 2.52. The number of hydrogen-bond donors (Lipinski definition) is 2. The standard InChI is InChI=1S/C21H29N3O5/c1-15-7-8-16(17(14-15)29-13-12-28-2)22-18(25)6-5-11-24-19(26)21(23-20(24)27)9-3-4-10-21/h7-8,14H,3-6,9-13H2,1-2H3,(H,22,25)(H,23,27). The van der Waals surface area contributed by atoms with E-state index in [9.17, 15) is 14.4 Å². The number of nitrogens with one attached hydrogen (secondary N) is 2. The minimum absolute atomic E-state index is 0.146. The summed E-state index contributed by atoms with van der Waals surface area (Å²) >= 11 is 0. The largest absolute Gasteiger partial charge is 0.489 e. The number of urea groups is 1. The average molecular weight is 403 g/mol. The smallest absolute Gasteiger partial charge is 0.325 e. The Morgan fingerprint density at radius 3 is 2.72 bits per heavy atom. The van der Waals surface area contributed by atoms with Gasteiger partial charge in [0.2, 0.25) is 5.91 Å². The lowest BCUT2D eigenvalue weighted by molar-refractivity contribution is -0.131. The Hall–Kier alpha value is -2.61. The number of rotatable bonds is 9. The number of hydrogen-bond acceptors (Lipinski definition) is 5. The van der Waals surface area contributed by atoms with Crippen LogP contribution in [-0.4, -0.2) is 55.2 Å². The second kappa shape index (κ2) is 9.26. The number of carbonyl (C=O) groups excluding carboxylic acids is 3. The van der Waals surface area contributed by atoms with Crippen molar-refractivity contribution in [2.24, 2.45) is 0 Å². The zero-order valence-corrected chi connectivity index (χ0v) is 17.1. The Bertz CT molecular complexity index is 774. The van der Waals surface area contributed by atoms with Gasteiger partial charge in [-0.1, -0.05) is 18.9 Å². The minimum Gasteiger partial charge on any atom is -0.489 e. The molecule has 8 heteroatoms. The van der Waals surface area contributed by atoms with E-state index in [0.29, 0.717) is 43.9 Å². The van der Waals surface area contributed by atoms with E-state index >= 15 is 0 Å². The fourth-order valence-corrected chi connectivity index (χ4v) is 3.89. The number of imide groups is 1. The summed E-state index contributed by atoms with van der Waals surface area (Å²) in [5.74, 6) is 0.258. The topological polar surface area (TPSA) is 97.0 Å². The Morgan fingerprint density at radius 2 is 2.00 bits per heavy atom. The van der Waals surface area contributed by atoms with E-state index in [1.807, 2.05) is 19.1 Å². The molecule has 29 heavy (non-hydrogen) atoms. The zero-order valence-electron chi connectivity index (χ0n) is 17.1. The lowest BCUT2D eigenvalue weighted by Crippen LogP contribution is -2.44. The van der Waals surface area contributed by atoms with Crippen molar-refractivity contribution >= 4 is 23.5 Å². The Labute approximate surface area is 170 Å². The van der Waals surface area contributed by atoms with Crippen LogP contribution in [0.25, 0.3) is 0 Å². The van der Waals surface area contributed by atoms with Crippen LogP contribution in [0.2, 0.25) is 0 Å². The van der Waals surface area contributed by atoms with Crippen LogP contribution in [0.1, 0.15) is 44.1 Å². The first kappa shape index (κ1) is 21.1. The quantitative estimate of drug-likeness (QED) is 0.488. The van der Waals surface area contributed by atoms with Crippen molar-refractivity contribution in [1.29, 1.82) is 0 Å². The summed E-state index contributed by atoms with van der Waals surface area (Å²) in [4.78, 5) is 38.4. The van der Waals surface area contributed by atoms with E-state index in [4.69, 9.17) is 9.47 Å². The molecule has 2 fully saturated rings. The first-order chi connectivity index (χ1) is 13.9. The maximum atomic E-state index is 12.6. The summed E-state index contributed by atoms with van der Waals surface area (Å²) in [6.07, 6.45) is 3.92. The van der Waals surface area contributed by atoms with Gasteiger partial charge in [-0.25, -0.2) is 4.79 Å². The van der Waals surface area contributed by atoms with Gasteiger partial charge in [-0.3, -0.25) is 14.5 Å². The average Bonchev–Trinajstić information content (AvgIpc) is 3.24. The van der Waals surface area contributed by atoms with Crippen molar-refractivity contribution in [3.63, 3.8) is 0 Å². The first-order valence-corrected chi connectivity index (χ1v) is 10.1. The molecule has 158 valence electrons. The van der Waals surface area contributed by atoms with Crippen molar-refractivity contribution < 1.29 is 23.9 Å². The summed E-state index contributed by atoms with van der Waals surface area (Å²) in [5, 5.41) is 5.71.